The lowest BCUT2D eigenvalue weighted by Gasteiger charge is -2.17. The average Bonchev–Trinajstić information content (AvgIpc) is 3.27. The molecule has 25 heavy (non-hydrogen) atoms. The number of benzene rings is 1. The summed E-state index contributed by atoms with van der Waals surface area (Å²) in [5.41, 5.74) is 6.65. The number of nitrogens with zero attached hydrogens (tertiary/aromatic N) is 4. The van der Waals surface area contributed by atoms with Crippen molar-refractivity contribution >= 4 is 22.4 Å². The van der Waals surface area contributed by atoms with Gasteiger partial charge >= 0.3 is 0 Å². The third kappa shape index (κ3) is 4.21. The Morgan fingerprint density at radius 2 is 2.12 bits per heavy atom. The first-order valence-electron chi connectivity index (χ1n) is 8.10. The Kier molecular flexibility index (Phi) is 5.39. The highest BCUT2D eigenvalue weighted by Gasteiger charge is 2.20. The zero-order valence-corrected chi connectivity index (χ0v) is 14.7. The second-order valence-electron chi connectivity index (χ2n) is 5.53. The third-order valence-corrected chi connectivity index (χ3v) is 4.66. The number of carbonyl (C=O) groups is 1. The van der Waals surface area contributed by atoms with Crippen LogP contribution in [-0.4, -0.2) is 25.7 Å². The Morgan fingerprint density at radius 1 is 1.32 bits per heavy atom. The minimum atomic E-state index is -0.350. The number of nitrogens with one attached hydrogen (secondary N) is 1. The summed E-state index contributed by atoms with van der Waals surface area (Å²) in [5.74, 6) is 0.919. The molecule has 1 aromatic carbocycles. The van der Waals surface area contributed by atoms with Crippen LogP contribution in [-0.2, 0) is 17.8 Å². The van der Waals surface area contributed by atoms with Crippen molar-refractivity contribution in [3.05, 3.63) is 59.1 Å². The smallest absolute Gasteiger partial charge is 0.222 e. The number of imidazole rings is 1. The van der Waals surface area contributed by atoms with Crippen molar-refractivity contribution in [1.82, 2.24) is 25.1 Å². The quantitative estimate of drug-likeness (QED) is 0.676. The van der Waals surface area contributed by atoms with Gasteiger partial charge in [0.25, 0.3) is 0 Å². The Labute approximate surface area is 149 Å². The molecule has 0 aliphatic carbocycles. The molecule has 0 bridgehead atoms. The first kappa shape index (κ1) is 17.1. The van der Waals surface area contributed by atoms with Gasteiger partial charge in [0, 0.05) is 31.8 Å². The van der Waals surface area contributed by atoms with Crippen molar-refractivity contribution in [3.8, 4) is 0 Å². The number of hydrogen-bond donors (Lipinski definition) is 2. The van der Waals surface area contributed by atoms with E-state index in [1.165, 1.54) is 11.3 Å². The fourth-order valence-corrected chi connectivity index (χ4v) is 3.30. The van der Waals surface area contributed by atoms with Gasteiger partial charge in [0.15, 0.2) is 0 Å². The highest BCUT2D eigenvalue weighted by molar-refractivity contribution is 7.15. The highest BCUT2D eigenvalue weighted by Crippen LogP contribution is 2.25. The Balaban J connectivity index is 1.71. The molecular weight excluding hydrogens is 336 g/mol. The number of rotatable bonds is 7. The molecule has 0 saturated heterocycles. The van der Waals surface area contributed by atoms with Crippen molar-refractivity contribution in [1.29, 1.82) is 0 Å². The molecule has 0 radical (unpaired) electrons. The number of carbonyl (C=O) groups excluding carboxylic acids is 1. The maximum atomic E-state index is 12.5. The van der Waals surface area contributed by atoms with E-state index in [0.717, 1.165) is 17.8 Å². The average molecular weight is 356 g/mol. The Morgan fingerprint density at radius 3 is 2.80 bits per heavy atom. The summed E-state index contributed by atoms with van der Waals surface area (Å²) in [4.78, 5) is 16.8. The second kappa shape index (κ2) is 7.89. The van der Waals surface area contributed by atoms with Gasteiger partial charge in [-0.2, -0.15) is 0 Å². The molecule has 0 aliphatic heterocycles. The Hall–Kier alpha value is -2.74. The van der Waals surface area contributed by atoms with Gasteiger partial charge in [-0.1, -0.05) is 48.6 Å². The summed E-state index contributed by atoms with van der Waals surface area (Å²) in [6.07, 6.45) is 4.85. The molecule has 3 N–H and O–H groups in total. The van der Waals surface area contributed by atoms with Crippen LogP contribution in [0.1, 0.15) is 35.8 Å². The van der Waals surface area contributed by atoms with Crippen LogP contribution in [0.2, 0.25) is 0 Å². The lowest BCUT2D eigenvalue weighted by Crippen LogP contribution is -2.30. The van der Waals surface area contributed by atoms with E-state index in [1.54, 1.807) is 6.20 Å². The predicted molar refractivity (Wildman–Crippen MR) is 97.0 cm³/mol. The molecule has 3 aromatic rings. The fraction of sp³-hybridized carbons (Fsp3) is 0.294. The van der Waals surface area contributed by atoms with E-state index in [9.17, 15) is 4.79 Å². The third-order valence-electron chi connectivity index (χ3n) is 3.84. The minimum absolute atomic E-state index is 0.0571. The fourth-order valence-electron chi connectivity index (χ4n) is 2.61. The van der Waals surface area contributed by atoms with Crippen molar-refractivity contribution in [2.45, 2.75) is 32.4 Å². The monoisotopic (exact) mass is 356 g/mol. The van der Waals surface area contributed by atoms with E-state index in [4.69, 9.17) is 5.73 Å². The summed E-state index contributed by atoms with van der Waals surface area (Å²) < 4.78 is 2.00. The summed E-state index contributed by atoms with van der Waals surface area (Å²) in [7, 11) is 0. The van der Waals surface area contributed by atoms with Gasteiger partial charge < -0.3 is 15.6 Å². The SMILES string of the molecule is CCc1nccn1CCC(=O)NC(c1ccccc1)c1nnc(N)s1. The lowest BCUT2D eigenvalue weighted by molar-refractivity contribution is -0.121. The van der Waals surface area contributed by atoms with E-state index in [-0.39, 0.29) is 11.9 Å². The van der Waals surface area contributed by atoms with Crippen LogP contribution >= 0.6 is 11.3 Å². The van der Waals surface area contributed by atoms with Gasteiger partial charge in [-0.3, -0.25) is 4.79 Å². The first-order valence-corrected chi connectivity index (χ1v) is 8.92. The number of nitrogens with two attached hydrogens (primary N) is 1. The van der Waals surface area contributed by atoms with E-state index in [0.29, 0.717) is 23.1 Å². The Bertz CT molecular complexity index is 829. The molecule has 1 unspecified atom stereocenters. The van der Waals surface area contributed by atoms with Crippen molar-refractivity contribution in [2.24, 2.45) is 0 Å². The normalized spacial score (nSPS) is 12.0. The number of nitrogen functional groups attached to an aromatic ring is 1. The molecule has 7 nitrogen and oxygen atoms in total. The van der Waals surface area contributed by atoms with Crippen molar-refractivity contribution in [2.75, 3.05) is 5.73 Å². The summed E-state index contributed by atoms with van der Waals surface area (Å²) in [6, 6.07) is 9.34. The van der Waals surface area contributed by atoms with Crippen LogP contribution in [0.25, 0.3) is 0 Å². The molecule has 3 rings (SSSR count). The van der Waals surface area contributed by atoms with Crippen LogP contribution < -0.4 is 11.1 Å². The first-order chi connectivity index (χ1) is 12.2. The molecule has 2 heterocycles. The van der Waals surface area contributed by atoms with Gasteiger partial charge in [-0.25, -0.2) is 4.98 Å². The molecule has 1 amide bonds. The topological polar surface area (TPSA) is 98.7 Å². The molecule has 0 spiro atoms. The van der Waals surface area contributed by atoms with Gasteiger partial charge in [-0.05, 0) is 5.56 Å². The van der Waals surface area contributed by atoms with Gasteiger partial charge in [0.2, 0.25) is 11.0 Å². The maximum absolute atomic E-state index is 12.5. The molecule has 0 aliphatic rings. The van der Waals surface area contributed by atoms with Crippen LogP contribution in [0.15, 0.2) is 42.7 Å². The molecule has 8 heteroatoms. The van der Waals surface area contributed by atoms with Crippen LogP contribution in [0.3, 0.4) is 0 Å². The molecule has 0 fully saturated rings. The number of aryl methyl sites for hydroxylation is 2. The molecule has 130 valence electrons. The maximum Gasteiger partial charge on any atom is 0.222 e. The zero-order valence-electron chi connectivity index (χ0n) is 13.9. The number of aromatic nitrogens is 4. The minimum Gasteiger partial charge on any atom is -0.374 e. The second-order valence-corrected chi connectivity index (χ2v) is 6.57. The van der Waals surface area contributed by atoms with Crippen LogP contribution in [0.5, 0.6) is 0 Å². The molecule has 2 aromatic heterocycles. The van der Waals surface area contributed by atoms with Gasteiger partial charge in [0.05, 0.1) is 0 Å². The molecule has 1 atom stereocenters. The molecule has 0 saturated carbocycles. The van der Waals surface area contributed by atoms with Crippen molar-refractivity contribution in [3.63, 3.8) is 0 Å². The number of amides is 1. The highest BCUT2D eigenvalue weighted by atomic mass is 32.1. The van der Waals surface area contributed by atoms with E-state index in [1.807, 2.05) is 48.0 Å². The van der Waals surface area contributed by atoms with Crippen molar-refractivity contribution < 1.29 is 4.79 Å². The standard InChI is InChI=1S/C17H20N6OS/c1-2-13-19-9-11-23(13)10-8-14(24)20-15(12-6-4-3-5-7-12)16-21-22-17(18)25-16/h3-7,9,11,15H,2,8,10H2,1H3,(H2,18,22)(H,20,24). The largest absolute Gasteiger partial charge is 0.374 e. The summed E-state index contributed by atoms with van der Waals surface area (Å²) in [6.45, 7) is 2.64. The van der Waals surface area contributed by atoms with Gasteiger partial charge in [0.1, 0.15) is 16.9 Å². The molecular formula is C17H20N6OS. The zero-order chi connectivity index (χ0) is 17.6. The van der Waals surface area contributed by atoms with E-state index in [2.05, 4.69) is 20.5 Å². The van der Waals surface area contributed by atoms with Crippen LogP contribution in [0, 0.1) is 0 Å². The lowest BCUT2D eigenvalue weighted by atomic mass is 10.1. The van der Waals surface area contributed by atoms with Gasteiger partial charge in [-0.15, -0.1) is 10.2 Å². The van der Waals surface area contributed by atoms with E-state index < -0.39 is 0 Å². The van der Waals surface area contributed by atoms with Crippen LogP contribution in [0.4, 0.5) is 5.13 Å². The number of anilines is 1. The van der Waals surface area contributed by atoms with E-state index >= 15 is 0 Å². The predicted octanol–water partition coefficient (Wildman–Crippen LogP) is 2.18. The summed E-state index contributed by atoms with van der Waals surface area (Å²) >= 11 is 1.28. The number of hydrogen-bond acceptors (Lipinski definition) is 6. The summed E-state index contributed by atoms with van der Waals surface area (Å²) in [5, 5.41) is 12.1.